The maximum absolute atomic E-state index is 9.08. The first-order valence-corrected chi connectivity index (χ1v) is 6.53. The zero-order valence-electron chi connectivity index (χ0n) is 10.9. The molecule has 1 rings (SSSR count). The zero-order valence-corrected chi connectivity index (χ0v) is 10.9. The maximum atomic E-state index is 9.08. The highest BCUT2D eigenvalue weighted by molar-refractivity contribution is 5.60. The Morgan fingerprint density at radius 1 is 1.18 bits per heavy atom. The van der Waals surface area contributed by atoms with E-state index in [0.717, 1.165) is 23.4 Å². The molecule has 1 N–H and O–H groups in total. The van der Waals surface area contributed by atoms with Gasteiger partial charge in [0, 0.05) is 6.54 Å². The molecular formula is C15H22N2. The molecule has 2 nitrogen and oxygen atoms in total. The molecule has 0 saturated carbocycles. The van der Waals surface area contributed by atoms with Gasteiger partial charge in [0.15, 0.2) is 0 Å². The molecule has 0 radical (unpaired) electrons. The maximum Gasteiger partial charge on any atom is 0.102 e. The van der Waals surface area contributed by atoms with Crippen molar-refractivity contribution >= 4 is 5.69 Å². The van der Waals surface area contributed by atoms with Crippen molar-refractivity contribution in [1.82, 2.24) is 0 Å². The van der Waals surface area contributed by atoms with Crippen molar-refractivity contribution in [3.05, 3.63) is 29.3 Å². The number of anilines is 1. The summed E-state index contributed by atoms with van der Waals surface area (Å²) in [5.41, 5.74) is 2.80. The lowest BCUT2D eigenvalue weighted by atomic mass is 10.1. The lowest BCUT2D eigenvalue weighted by Gasteiger charge is -2.09. The van der Waals surface area contributed by atoms with Gasteiger partial charge in [0.1, 0.15) is 6.07 Å². The van der Waals surface area contributed by atoms with Gasteiger partial charge in [0.25, 0.3) is 0 Å². The van der Waals surface area contributed by atoms with Crippen LogP contribution in [0.1, 0.15) is 50.2 Å². The van der Waals surface area contributed by atoms with Crippen LogP contribution < -0.4 is 5.32 Å². The fourth-order valence-electron chi connectivity index (χ4n) is 1.92. The number of benzene rings is 1. The van der Waals surface area contributed by atoms with Crippen molar-refractivity contribution < 1.29 is 0 Å². The monoisotopic (exact) mass is 230 g/mol. The van der Waals surface area contributed by atoms with E-state index >= 15 is 0 Å². The Balaban J connectivity index is 2.37. The Labute approximate surface area is 105 Å². The van der Waals surface area contributed by atoms with E-state index in [1.807, 2.05) is 25.1 Å². The van der Waals surface area contributed by atoms with Crippen molar-refractivity contribution in [3.8, 4) is 6.07 Å². The number of nitrogens with one attached hydrogen (secondary N) is 1. The molecule has 0 unspecified atom stereocenters. The number of nitrogens with zero attached hydrogens (tertiary/aromatic N) is 1. The molecule has 17 heavy (non-hydrogen) atoms. The van der Waals surface area contributed by atoms with Crippen LogP contribution in [0.25, 0.3) is 0 Å². The zero-order chi connectivity index (χ0) is 12.5. The molecule has 0 aliphatic carbocycles. The van der Waals surface area contributed by atoms with E-state index in [1.54, 1.807) is 0 Å². The largest absolute Gasteiger partial charge is 0.384 e. The van der Waals surface area contributed by atoms with Crippen LogP contribution in [-0.2, 0) is 0 Å². The summed E-state index contributed by atoms with van der Waals surface area (Å²) in [5, 5.41) is 12.4. The molecule has 0 heterocycles. The summed E-state index contributed by atoms with van der Waals surface area (Å²) >= 11 is 0. The van der Waals surface area contributed by atoms with Gasteiger partial charge in [-0.3, -0.25) is 0 Å². The quantitative estimate of drug-likeness (QED) is 0.711. The number of nitriles is 1. The molecule has 1 aromatic rings. The van der Waals surface area contributed by atoms with Crippen molar-refractivity contribution in [2.24, 2.45) is 0 Å². The van der Waals surface area contributed by atoms with Gasteiger partial charge in [-0.05, 0) is 25.0 Å². The minimum absolute atomic E-state index is 0.779. The molecule has 2 heteroatoms. The minimum atomic E-state index is 0.779. The Hall–Kier alpha value is -1.49. The molecule has 0 fully saturated rings. The highest BCUT2D eigenvalue weighted by Crippen LogP contribution is 2.18. The highest BCUT2D eigenvalue weighted by Gasteiger charge is 2.03. The number of aryl methyl sites for hydroxylation is 1. The van der Waals surface area contributed by atoms with Crippen LogP contribution in [0.15, 0.2) is 18.2 Å². The third-order valence-corrected chi connectivity index (χ3v) is 2.98. The predicted molar refractivity (Wildman–Crippen MR) is 73.1 cm³/mol. The second-order valence-electron chi connectivity index (χ2n) is 4.45. The molecule has 0 saturated heterocycles. The second kappa shape index (κ2) is 7.73. The van der Waals surface area contributed by atoms with Crippen LogP contribution in [0.2, 0.25) is 0 Å². The standard InChI is InChI=1S/C15H22N2/c1-3-4-5-6-7-11-17-15-10-8-9-13(2)14(15)12-16/h8-10,17H,3-7,11H2,1-2H3. The van der Waals surface area contributed by atoms with Gasteiger partial charge in [0.2, 0.25) is 0 Å². The normalized spacial score (nSPS) is 9.94. The fraction of sp³-hybridized carbons (Fsp3) is 0.533. The average Bonchev–Trinajstić information content (AvgIpc) is 2.34. The van der Waals surface area contributed by atoms with Crippen LogP contribution in [0.5, 0.6) is 0 Å². The Bertz CT molecular complexity index is 377. The summed E-state index contributed by atoms with van der Waals surface area (Å²) < 4.78 is 0. The fourth-order valence-corrected chi connectivity index (χ4v) is 1.92. The third-order valence-electron chi connectivity index (χ3n) is 2.98. The molecular weight excluding hydrogens is 208 g/mol. The molecule has 0 aliphatic rings. The molecule has 0 amide bonds. The van der Waals surface area contributed by atoms with E-state index in [-0.39, 0.29) is 0 Å². The van der Waals surface area contributed by atoms with Crippen molar-refractivity contribution in [2.75, 3.05) is 11.9 Å². The van der Waals surface area contributed by atoms with E-state index in [2.05, 4.69) is 18.3 Å². The summed E-state index contributed by atoms with van der Waals surface area (Å²) in [6, 6.07) is 8.22. The molecule has 0 atom stereocenters. The summed E-state index contributed by atoms with van der Waals surface area (Å²) in [7, 11) is 0. The highest BCUT2D eigenvalue weighted by atomic mass is 14.9. The second-order valence-corrected chi connectivity index (χ2v) is 4.45. The van der Waals surface area contributed by atoms with Gasteiger partial charge < -0.3 is 5.32 Å². The van der Waals surface area contributed by atoms with Gasteiger partial charge >= 0.3 is 0 Å². The van der Waals surface area contributed by atoms with Crippen LogP contribution in [0, 0.1) is 18.3 Å². The lowest BCUT2D eigenvalue weighted by molar-refractivity contribution is 0.645. The lowest BCUT2D eigenvalue weighted by Crippen LogP contribution is -2.03. The van der Waals surface area contributed by atoms with Gasteiger partial charge in [-0.2, -0.15) is 5.26 Å². The summed E-state index contributed by atoms with van der Waals surface area (Å²) in [5.74, 6) is 0. The Morgan fingerprint density at radius 3 is 2.65 bits per heavy atom. The molecule has 0 aromatic heterocycles. The number of rotatable bonds is 7. The molecule has 0 spiro atoms. The SMILES string of the molecule is CCCCCCCNc1cccc(C)c1C#N. The summed E-state index contributed by atoms with van der Waals surface area (Å²) in [6.07, 6.45) is 6.38. The van der Waals surface area contributed by atoms with Crippen molar-refractivity contribution in [1.29, 1.82) is 5.26 Å². The predicted octanol–water partition coefficient (Wildman–Crippen LogP) is 4.25. The van der Waals surface area contributed by atoms with E-state index in [4.69, 9.17) is 5.26 Å². The molecule has 0 aliphatic heterocycles. The first kappa shape index (κ1) is 13.6. The van der Waals surface area contributed by atoms with Crippen LogP contribution in [0.4, 0.5) is 5.69 Å². The van der Waals surface area contributed by atoms with Gasteiger partial charge in [-0.15, -0.1) is 0 Å². The van der Waals surface area contributed by atoms with Crippen LogP contribution in [0.3, 0.4) is 0 Å². The van der Waals surface area contributed by atoms with Crippen LogP contribution in [-0.4, -0.2) is 6.54 Å². The first-order valence-electron chi connectivity index (χ1n) is 6.53. The number of hydrogen-bond donors (Lipinski definition) is 1. The van der Waals surface area contributed by atoms with Crippen molar-refractivity contribution in [2.45, 2.75) is 46.0 Å². The molecule has 92 valence electrons. The summed E-state index contributed by atoms with van der Waals surface area (Å²) in [4.78, 5) is 0. The smallest absolute Gasteiger partial charge is 0.102 e. The van der Waals surface area contributed by atoms with E-state index in [9.17, 15) is 0 Å². The third kappa shape index (κ3) is 4.48. The van der Waals surface area contributed by atoms with E-state index < -0.39 is 0 Å². The van der Waals surface area contributed by atoms with Crippen molar-refractivity contribution in [3.63, 3.8) is 0 Å². The first-order chi connectivity index (χ1) is 8.29. The molecule has 1 aromatic carbocycles. The average molecular weight is 230 g/mol. The Morgan fingerprint density at radius 2 is 1.94 bits per heavy atom. The number of hydrogen-bond acceptors (Lipinski definition) is 2. The summed E-state index contributed by atoms with van der Waals surface area (Å²) in [6.45, 7) is 5.16. The minimum Gasteiger partial charge on any atom is -0.384 e. The topological polar surface area (TPSA) is 35.8 Å². The van der Waals surface area contributed by atoms with E-state index in [1.165, 1.54) is 32.1 Å². The van der Waals surface area contributed by atoms with E-state index in [0.29, 0.717) is 0 Å². The Kier molecular flexibility index (Phi) is 6.17. The van der Waals surface area contributed by atoms with Gasteiger partial charge in [0.05, 0.1) is 11.3 Å². The van der Waals surface area contributed by atoms with Gasteiger partial charge in [-0.1, -0.05) is 44.7 Å². The number of unbranched alkanes of at least 4 members (excludes halogenated alkanes) is 4. The van der Waals surface area contributed by atoms with Crippen LogP contribution >= 0.6 is 0 Å². The van der Waals surface area contributed by atoms with Gasteiger partial charge in [-0.25, -0.2) is 0 Å². The molecule has 0 bridgehead atoms.